The lowest BCUT2D eigenvalue weighted by Crippen LogP contribution is -2.43. The SMILES string of the molecule is CO[C@@H](NC(=O)OC(C)(C)C)C1CCCC1. The molecular formula is C12H23NO3. The van der Waals surface area contributed by atoms with Gasteiger partial charge in [0.15, 0.2) is 0 Å². The number of hydrogen-bond acceptors (Lipinski definition) is 3. The number of ether oxygens (including phenoxy) is 2. The molecule has 1 N–H and O–H groups in total. The number of amides is 1. The first kappa shape index (κ1) is 13.3. The summed E-state index contributed by atoms with van der Waals surface area (Å²) in [6, 6.07) is 0. The Morgan fingerprint density at radius 3 is 2.31 bits per heavy atom. The summed E-state index contributed by atoms with van der Waals surface area (Å²) in [5.41, 5.74) is -0.460. The van der Waals surface area contributed by atoms with Crippen molar-refractivity contribution in [3.8, 4) is 0 Å². The van der Waals surface area contributed by atoms with Gasteiger partial charge >= 0.3 is 6.09 Å². The van der Waals surface area contributed by atoms with Crippen molar-refractivity contribution in [2.45, 2.75) is 58.3 Å². The molecule has 0 unspecified atom stereocenters. The molecule has 1 saturated carbocycles. The van der Waals surface area contributed by atoms with Crippen LogP contribution in [0.1, 0.15) is 46.5 Å². The fourth-order valence-electron chi connectivity index (χ4n) is 2.05. The Bertz CT molecular complexity index is 229. The van der Waals surface area contributed by atoms with Gasteiger partial charge in [-0.3, -0.25) is 5.32 Å². The summed E-state index contributed by atoms with van der Waals surface area (Å²) >= 11 is 0. The van der Waals surface area contributed by atoms with E-state index in [1.165, 1.54) is 12.8 Å². The zero-order valence-electron chi connectivity index (χ0n) is 10.7. The van der Waals surface area contributed by atoms with E-state index in [4.69, 9.17) is 9.47 Å². The maximum absolute atomic E-state index is 11.6. The van der Waals surface area contributed by atoms with Gasteiger partial charge in [-0.15, -0.1) is 0 Å². The van der Waals surface area contributed by atoms with Gasteiger partial charge in [0.2, 0.25) is 0 Å². The van der Waals surface area contributed by atoms with Gasteiger partial charge in [-0.05, 0) is 33.6 Å². The smallest absolute Gasteiger partial charge is 0.409 e. The molecule has 0 aliphatic heterocycles. The second kappa shape index (κ2) is 5.53. The summed E-state index contributed by atoms with van der Waals surface area (Å²) in [7, 11) is 1.63. The third kappa shape index (κ3) is 4.39. The van der Waals surface area contributed by atoms with E-state index in [-0.39, 0.29) is 6.23 Å². The highest BCUT2D eigenvalue weighted by Gasteiger charge is 2.27. The van der Waals surface area contributed by atoms with Gasteiger partial charge in [0, 0.05) is 13.0 Å². The highest BCUT2D eigenvalue weighted by atomic mass is 16.6. The van der Waals surface area contributed by atoms with Crippen molar-refractivity contribution < 1.29 is 14.3 Å². The monoisotopic (exact) mass is 229 g/mol. The second-order valence-electron chi connectivity index (χ2n) is 5.35. The van der Waals surface area contributed by atoms with Crippen LogP contribution in [0.2, 0.25) is 0 Å². The summed E-state index contributed by atoms with van der Waals surface area (Å²) < 4.78 is 10.5. The van der Waals surface area contributed by atoms with Crippen molar-refractivity contribution in [2.75, 3.05) is 7.11 Å². The molecule has 4 nitrogen and oxygen atoms in total. The molecule has 0 aromatic carbocycles. The Morgan fingerprint density at radius 1 is 1.31 bits per heavy atom. The lowest BCUT2D eigenvalue weighted by molar-refractivity contribution is 0.00286. The number of rotatable bonds is 3. The number of carbonyl (C=O) groups excluding carboxylic acids is 1. The quantitative estimate of drug-likeness (QED) is 0.757. The van der Waals surface area contributed by atoms with Crippen LogP contribution < -0.4 is 5.32 Å². The molecule has 1 fully saturated rings. The third-order valence-corrected chi connectivity index (χ3v) is 2.74. The van der Waals surface area contributed by atoms with Crippen LogP contribution in [0.4, 0.5) is 4.79 Å². The molecule has 16 heavy (non-hydrogen) atoms. The Balaban J connectivity index is 2.40. The van der Waals surface area contributed by atoms with Crippen LogP contribution >= 0.6 is 0 Å². The number of alkyl carbamates (subject to hydrolysis) is 1. The van der Waals surface area contributed by atoms with Crippen LogP contribution in [0, 0.1) is 5.92 Å². The highest BCUT2D eigenvalue weighted by Crippen LogP contribution is 2.28. The van der Waals surface area contributed by atoms with E-state index in [0.717, 1.165) is 12.8 Å². The molecule has 0 spiro atoms. The maximum atomic E-state index is 11.6. The van der Waals surface area contributed by atoms with E-state index in [1.54, 1.807) is 7.11 Å². The minimum absolute atomic E-state index is 0.211. The van der Waals surface area contributed by atoms with Crippen molar-refractivity contribution in [1.29, 1.82) is 0 Å². The summed E-state index contributed by atoms with van der Waals surface area (Å²) in [6.45, 7) is 5.55. The van der Waals surface area contributed by atoms with Gasteiger partial charge in [-0.2, -0.15) is 0 Å². The zero-order valence-corrected chi connectivity index (χ0v) is 10.7. The van der Waals surface area contributed by atoms with E-state index in [9.17, 15) is 4.79 Å². The Kier molecular flexibility index (Phi) is 4.59. The molecule has 0 aromatic heterocycles. The summed E-state index contributed by atoms with van der Waals surface area (Å²) in [5.74, 6) is 0.428. The number of methoxy groups -OCH3 is 1. The van der Waals surface area contributed by atoms with E-state index < -0.39 is 11.7 Å². The molecule has 0 heterocycles. The van der Waals surface area contributed by atoms with Crippen molar-refractivity contribution in [2.24, 2.45) is 5.92 Å². The average Bonchev–Trinajstić information content (AvgIpc) is 2.63. The van der Waals surface area contributed by atoms with Gasteiger partial charge in [-0.1, -0.05) is 12.8 Å². The molecule has 1 aliphatic rings. The number of carbonyl (C=O) groups is 1. The summed E-state index contributed by atoms with van der Waals surface area (Å²) in [6.07, 6.45) is 4.08. The first-order valence-electron chi connectivity index (χ1n) is 5.94. The van der Waals surface area contributed by atoms with Gasteiger partial charge in [0.1, 0.15) is 11.8 Å². The van der Waals surface area contributed by atoms with Gasteiger partial charge in [-0.25, -0.2) is 4.79 Å². The van der Waals surface area contributed by atoms with Crippen LogP contribution in [-0.2, 0) is 9.47 Å². The van der Waals surface area contributed by atoms with Gasteiger partial charge in [0.05, 0.1) is 0 Å². The minimum Gasteiger partial charge on any atom is -0.444 e. The maximum Gasteiger partial charge on any atom is 0.409 e. The van der Waals surface area contributed by atoms with E-state index in [2.05, 4.69) is 5.32 Å². The molecule has 0 aromatic rings. The fraction of sp³-hybridized carbons (Fsp3) is 0.917. The molecule has 94 valence electrons. The van der Waals surface area contributed by atoms with Crippen LogP contribution in [0.15, 0.2) is 0 Å². The third-order valence-electron chi connectivity index (χ3n) is 2.74. The molecule has 1 rings (SSSR count). The van der Waals surface area contributed by atoms with Gasteiger partial charge < -0.3 is 9.47 Å². The first-order chi connectivity index (χ1) is 7.42. The summed E-state index contributed by atoms with van der Waals surface area (Å²) in [4.78, 5) is 11.6. The summed E-state index contributed by atoms with van der Waals surface area (Å²) in [5, 5.41) is 2.78. The van der Waals surface area contributed by atoms with Crippen molar-refractivity contribution in [1.82, 2.24) is 5.32 Å². The minimum atomic E-state index is -0.460. The molecule has 0 bridgehead atoms. The molecule has 0 saturated heterocycles. The molecule has 4 heteroatoms. The lowest BCUT2D eigenvalue weighted by atomic mass is 10.1. The lowest BCUT2D eigenvalue weighted by Gasteiger charge is -2.26. The van der Waals surface area contributed by atoms with Crippen molar-refractivity contribution in [3.63, 3.8) is 0 Å². The van der Waals surface area contributed by atoms with E-state index in [0.29, 0.717) is 5.92 Å². The Labute approximate surface area is 97.7 Å². The molecule has 1 atom stereocenters. The van der Waals surface area contributed by atoms with Crippen LogP contribution in [0.5, 0.6) is 0 Å². The Morgan fingerprint density at radius 2 is 1.88 bits per heavy atom. The van der Waals surface area contributed by atoms with Crippen LogP contribution in [-0.4, -0.2) is 25.0 Å². The van der Waals surface area contributed by atoms with Gasteiger partial charge in [0.25, 0.3) is 0 Å². The normalized spacial score (nSPS) is 19.5. The largest absolute Gasteiger partial charge is 0.444 e. The van der Waals surface area contributed by atoms with Crippen LogP contribution in [0.25, 0.3) is 0 Å². The number of nitrogens with one attached hydrogen (secondary N) is 1. The van der Waals surface area contributed by atoms with Crippen LogP contribution in [0.3, 0.4) is 0 Å². The van der Waals surface area contributed by atoms with Crippen molar-refractivity contribution in [3.05, 3.63) is 0 Å². The van der Waals surface area contributed by atoms with E-state index in [1.807, 2.05) is 20.8 Å². The topological polar surface area (TPSA) is 47.6 Å². The first-order valence-corrected chi connectivity index (χ1v) is 5.94. The fourth-order valence-corrected chi connectivity index (χ4v) is 2.05. The molecule has 1 amide bonds. The van der Waals surface area contributed by atoms with E-state index >= 15 is 0 Å². The predicted octanol–water partition coefficient (Wildman–Crippen LogP) is 2.67. The zero-order chi connectivity index (χ0) is 12.2. The molecule has 0 radical (unpaired) electrons. The second-order valence-corrected chi connectivity index (χ2v) is 5.35. The highest BCUT2D eigenvalue weighted by molar-refractivity contribution is 5.67. The number of hydrogen-bond donors (Lipinski definition) is 1. The average molecular weight is 229 g/mol. The molecular weight excluding hydrogens is 206 g/mol. The standard InChI is InChI=1S/C12H23NO3/c1-12(2,3)16-11(14)13-10(15-4)9-7-5-6-8-9/h9-10H,5-8H2,1-4H3,(H,13,14)/t10-/m1/s1. The van der Waals surface area contributed by atoms with Crippen molar-refractivity contribution >= 4 is 6.09 Å². The Hall–Kier alpha value is -0.770. The predicted molar refractivity (Wildman–Crippen MR) is 62.1 cm³/mol. The molecule has 1 aliphatic carbocycles.